The smallest absolute Gasteiger partial charge is 0.214 e. The van der Waals surface area contributed by atoms with Gasteiger partial charge in [0.1, 0.15) is 0 Å². The lowest BCUT2D eigenvalue weighted by Gasteiger charge is -2.12. The third-order valence-electron chi connectivity index (χ3n) is 3.64. The van der Waals surface area contributed by atoms with Crippen molar-refractivity contribution in [3.63, 3.8) is 0 Å². The van der Waals surface area contributed by atoms with Gasteiger partial charge in [0.05, 0.1) is 18.7 Å². The van der Waals surface area contributed by atoms with E-state index in [0.717, 1.165) is 31.7 Å². The second-order valence-electron chi connectivity index (χ2n) is 5.21. The molecular formula is C16H20N2O2. The highest BCUT2D eigenvalue weighted by molar-refractivity contribution is 5.82. The maximum Gasteiger partial charge on any atom is 0.214 e. The molecule has 1 fully saturated rings. The number of nitrogens with one attached hydrogen (secondary N) is 1. The average molecular weight is 272 g/mol. The number of pyridine rings is 1. The predicted molar refractivity (Wildman–Crippen MR) is 78.9 cm³/mol. The van der Waals surface area contributed by atoms with Crippen LogP contribution in [0.4, 0.5) is 0 Å². The summed E-state index contributed by atoms with van der Waals surface area (Å²) in [7, 11) is 1.95. The third-order valence-corrected chi connectivity index (χ3v) is 3.64. The van der Waals surface area contributed by atoms with Gasteiger partial charge in [-0.15, -0.1) is 0 Å². The summed E-state index contributed by atoms with van der Waals surface area (Å²) in [6.45, 7) is 3.15. The standard InChI is InChI=1S/C16H20N2O2/c1-17-9-13-8-16(20-11-12-6-7-19-10-12)18-15-5-3-2-4-14(13)15/h2-5,8,12,17H,6-7,9-11H2,1H3. The van der Waals surface area contributed by atoms with Crippen molar-refractivity contribution in [2.75, 3.05) is 26.9 Å². The first-order valence-corrected chi connectivity index (χ1v) is 7.10. The van der Waals surface area contributed by atoms with Crippen LogP contribution < -0.4 is 10.1 Å². The Morgan fingerprint density at radius 3 is 3.10 bits per heavy atom. The molecule has 0 saturated carbocycles. The van der Waals surface area contributed by atoms with Crippen LogP contribution in [0.25, 0.3) is 10.9 Å². The molecule has 0 amide bonds. The number of aromatic nitrogens is 1. The lowest BCUT2D eigenvalue weighted by atomic mass is 10.1. The SMILES string of the molecule is CNCc1cc(OCC2CCOC2)nc2ccccc12. The van der Waals surface area contributed by atoms with E-state index in [4.69, 9.17) is 9.47 Å². The van der Waals surface area contributed by atoms with Crippen LogP contribution in [0.3, 0.4) is 0 Å². The first-order valence-electron chi connectivity index (χ1n) is 7.10. The average Bonchev–Trinajstić information content (AvgIpc) is 2.99. The van der Waals surface area contributed by atoms with E-state index in [1.165, 1.54) is 10.9 Å². The lowest BCUT2D eigenvalue weighted by molar-refractivity contribution is 0.165. The van der Waals surface area contributed by atoms with Crippen LogP contribution >= 0.6 is 0 Å². The highest BCUT2D eigenvalue weighted by Gasteiger charge is 2.16. The lowest BCUT2D eigenvalue weighted by Crippen LogP contribution is -2.13. The van der Waals surface area contributed by atoms with Crippen LogP contribution in [0, 0.1) is 5.92 Å². The number of hydrogen-bond acceptors (Lipinski definition) is 4. The van der Waals surface area contributed by atoms with Gasteiger partial charge in [0.2, 0.25) is 5.88 Å². The van der Waals surface area contributed by atoms with Crippen molar-refractivity contribution in [1.29, 1.82) is 0 Å². The quantitative estimate of drug-likeness (QED) is 0.907. The number of para-hydroxylation sites is 1. The number of hydrogen-bond donors (Lipinski definition) is 1. The minimum Gasteiger partial charge on any atom is -0.477 e. The maximum atomic E-state index is 5.87. The summed E-state index contributed by atoms with van der Waals surface area (Å²) < 4.78 is 11.2. The summed E-state index contributed by atoms with van der Waals surface area (Å²) in [5, 5.41) is 4.38. The fourth-order valence-electron chi connectivity index (χ4n) is 2.55. The molecule has 4 heteroatoms. The molecule has 0 spiro atoms. The normalized spacial score (nSPS) is 18.6. The molecule has 1 atom stereocenters. The van der Waals surface area contributed by atoms with Crippen molar-refractivity contribution in [2.45, 2.75) is 13.0 Å². The van der Waals surface area contributed by atoms with Crippen LogP contribution in [0.1, 0.15) is 12.0 Å². The van der Waals surface area contributed by atoms with E-state index in [-0.39, 0.29) is 0 Å². The van der Waals surface area contributed by atoms with E-state index < -0.39 is 0 Å². The van der Waals surface area contributed by atoms with Crippen molar-refractivity contribution in [2.24, 2.45) is 5.92 Å². The third kappa shape index (κ3) is 2.92. The number of benzene rings is 1. The van der Waals surface area contributed by atoms with E-state index in [9.17, 15) is 0 Å². The Labute approximate surface area is 119 Å². The molecule has 3 rings (SSSR count). The molecule has 0 radical (unpaired) electrons. The summed E-state index contributed by atoms with van der Waals surface area (Å²) in [6, 6.07) is 10.2. The van der Waals surface area contributed by atoms with Gasteiger partial charge in [-0.2, -0.15) is 0 Å². The zero-order chi connectivity index (χ0) is 13.8. The van der Waals surface area contributed by atoms with Gasteiger partial charge in [-0.05, 0) is 25.1 Å². The Morgan fingerprint density at radius 2 is 2.30 bits per heavy atom. The van der Waals surface area contributed by atoms with Crippen molar-refractivity contribution >= 4 is 10.9 Å². The zero-order valence-corrected chi connectivity index (χ0v) is 11.8. The number of ether oxygens (including phenoxy) is 2. The minimum absolute atomic E-state index is 0.496. The largest absolute Gasteiger partial charge is 0.477 e. The molecule has 2 aromatic rings. The van der Waals surface area contributed by atoms with Crippen LogP contribution in [0.5, 0.6) is 5.88 Å². The van der Waals surface area contributed by atoms with Gasteiger partial charge < -0.3 is 14.8 Å². The highest BCUT2D eigenvalue weighted by atomic mass is 16.5. The van der Waals surface area contributed by atoms with E-state index >= 15 is 0 Å². The monoisotopic (exact) mass is 272 g/mol. The van der Waals surface area contributed by atoms with Crippen molar-refractivity contribution < 1.29 is 9.47 Å². The Morgan fingerprint density at radius 1 is 1.40 bits per heavy atom. The molecule has 1 N–H and O–H groups in total. The summed E-state index contributed by atoms with van der Waals surface area (Å²) in [5.74, 6) is 1.21. The van der Waals surface area contributed by atoms with E-state index in [1.807, 2.05) is 31.3 Å². The predicted octanol–water partition coefficient (Wildman–Crippen LogP) is 2.37. The molecule has 1 saturated heterocycles. The fourth-order valence-corrected chi connectivity index (χ4v) is 2.55. The molecule has 20 heavy (non-hydrogen) atoms. The molecular weight excluding hydrogens is 252 g/mol. The Kier molecular flexibility index (Phi) is 4.14. The first kappa shape index (κ1) is 13.3. The first-order chi connectivity index (χ1) is 9.86. The Bertz CT molecular complexity index is 580. The summed E-state index contributed by atoms with van der Waals surface area (Å²) in [4.78, 5) is 4.59. The van der Waals surface area contributed by atoms with Crippen molar-refractivity contribution in [1.82, 2.24) is 10.3 Å². The minimum atomic E-state index is 0.496. The van der Waals surface area contributed by atoms with Crippen LogP contribution in [-0.2, 0) is 11.3 Å². The second-order valence-corrected chi connectivity index (χ2v) is 5.21. The van der Waals surface area contributed by atoms with Gasteiger partial charge in [-0.25, -0.2) is 4.98 Å². The fraction of sp³-hybridized carbons (Fsp3) is 0.438. The van der Waals surface area contributed by atoms with Crippen molar-refractivity contribution in [3.8, 4) is 5.88 Å². The highest BCUT2D eigenvalue weighted by Crippen LogP contribution is 2.23. The van der Waals surface area contributed by atoms with Gasteiger partial charge in [0, 0.05) is 30.5 Å². The van der Waals surface area contributed by atoms with Gasteiger partial charge in [-0.3, -0.25) is 0 Å². The van der Waals surface area contributed by atoms with Crippen LogP contribution in [0.2, 0.25) is 0 Å². The molecule has 0 aliphatic carbocycles. The van der Waals surface area contributed by atoms with Gasteiger partial charge in [-0.1, -0.05) is 18.2 Å². The molecule has 1 aliphatic heterocycles. The maximum absolute atomic E-state index is 5.87. The molecule has 1 aliphatic rings. The van der Waals surface area contributed by atoms with Gasteiger partial charge in [0.15, 0.2) is 0 Å². The molecule has 106 valence electrons. The molecule has 0 bridgehead atoms. The number of nitrogens with zero attached hydrogens (tertiary/aromatic N) is 1. The van der Waals surface area contributed by atoms with E-state index in [2.05, 4.69) is 16.4 Å². The number of rotatable bonds is 5. The molecule has 1 aromatic heterocycles. The Hall–Kier alpha value is -1.65. The molecule has 1 unspecified atom stereocenters. The molecule has 4 nitrogen and oxygen atoms in total. The van der Waals surface area contributed by atoms with Crippen molar-refractivity contribution in [3.05, 3.63) is 35.9 Å². The van der Waals surface area contributed by atoms with E-state index in [0.29, 0.717) is 18.4 Å². The van der Waals surface area contributed by atoms with Gasteiger partial charge >= 0.3 is 0 Å². The summed E-state index contributed by atoms with van der Waals surface area (Å²) >= 11 is 0. The van der Waals surface area contributed by atoms with Crippen LogP contribution in [-0.4, -0.2) is 31.9 Å². The number of fused-ring (bicyclic) bond motifs is 1. The topological polar surface area (TPSA) is 43.4 Å². The Balaban J connectivity index is 1.82. The zero-order valence-electron chi connectivity index (χ0n) is 11.8. The van der Waals surface area contributed by atoms with Crippen LogP contribution in [0.15, 0.2) is 30.3 Å². The van der Waals surface area contributed by atoms with E-state index in [1.54, 1.807) is 0 Å². The molecule has 2 heterocycles. The summed E-state index contributed by atoms with van der Waals surface area (Å²) in [5.41, 5.74) is 2.20. The van der Waals surface area contributed by atoms with Gasteiger partial charge in [0.25, 0.3) is 0 Å². The second kappa shape index (κ2) is 6.20. The molecule has 1 aromatic carbocycles. The summed E-state index contributed by atoms with van der Waals surface area (Å²) in [6.07, 6.45) is 1.08.